The van der Waals surface area contributed by atoms with Gasteiger partial charge in [-0.1, -0.05) is 142 Å². The second-order valence-corrected chi connectivity index (χ2v) is 38.0. The van der Waals surface area contributed by atoms with Crippen molar-refractivity contribution in [3.8, 4) is 0 Å². The minimum absolute atomic E-state index is 0. The van der Waals surface area contributed by atoms with Crippen LogP contribution in [0.5, 0.6) is 0 Å². The molecule has 2 amide bonds. The van der Waals surface area contributed by atoms with Gasteiger partial charge in [-0.3, -0.25) is 47.9 Å². The third-order valence-electron chi connectivity index (χ3n) is 21.5. The van der Waals surface area contributed by atoms with Crippen molar-refractivity contribution in [3.05, 3.63) is 50.6 Å². The standard InChI is InChI=1S/3C12H22O4.C9H18O5S.2C9H18O3.2C9H16O2.C8H10O4.2C7H15NO.K/c3*1-3-10(2)12(13)15-7-5-4-6-14-8-11-9-16-11;1-4-9(2,3)8(10)14-6-5-7-15(11,12)13;2*1-5-9(2,3)8(10)12-7-6-11-4;2*1-5-7-11-8(10)9(3,4)6-2;1-3-7(9)11-5-6-12-8(10)4-2;2*1-5-6(2)7(9)8(3)4;/h3*10-11H,3-9H2,1-2H3;4-7H2,1-3H3,(H,11,12,13);2*5-7H2,1-4H3;2*5H,1,6-7H2,2-4H3;3-4H,1-2,5-6H2;2*6H,5H2,1-4H3;/q;;;;;;;;;;;+1/p-1. The zero-order valence-electron chi connectivity index (χ0n) is 92.6. The van der Waals surface area contributed by atoms with E-state index in [0.717, 1.165) is 148 Å². The Hall–Kier alpha value is -6.17. The normalized spacial score (nSPS) is 14.4. The van der Waals surface area contributed by atoms with Crippen LogP contribution in [0.4, 0.5) is 0 Å². The third kappa shape index (κ3) is 96.6. The van der Waals surface area contributed by atoms with Crippen LogP contribution in [0.1, 0.15) is 282 Å². The number of carbonyl (C=O) groups excluding carboxylic acids is 12. The summed E-state index contributed by atoms with van der Waals surface area (Å²) in [6.07, 6.45) is 19.9. The molecule has 3 aliphatic rings. The molecule has 0 bridgehead atoms. The van der Waals surface area contributed by atoms with Crippen LogP contribution < -0.4 is 51.4 Å². The molecule has 818 valence electrons. The van der Waals surface area contributed by atoms with Crippen molar-refractivity contribution in [2.75, 3.05) is 187 Å². The molecule has 3 fully saturated rings. The topological polar surface area (TPSA) is 445 Å². The number of amides is 2. The van der Waals surface area contributed by atoms with E-state index < -0.39 is 33.2 Å². The van der Waals surface area contributed by atoms with E-state index in [1.54, 1.807) is 78.2 Å². The fourth-order valence-electron chi connectivity index (χ4n) is 7.94. The average Bonchev–Trinajstić information content (AvgIpc) is 1.79. The monoisotopic (exact) mass is 2060 g/mol. The summed E-state index contributed by atoms with van der Waals surface area (Å²) in [5, 5.41) is 0. The van der Waals surface area contributed by atoms with E-state index in [4.69, 9.17) is 75.8 Å². The van der Waals surface area contributed by atoms with Crippen LogP contribution in [0.15, 0.2) is 50.6 Å². The summed E-state index contributed by atoms with van der Waals surface area (Å²) in [6, 6.07) is 0. The van der Waals surface area contributed by atoms with Crippen molar-refractivity contribution in [2.45, 2.75) is 301 Å². The van der Waals surface area contributed by atoms with Crippen LogP contribution >= 0.6 is 0 Å². The van der Waals surface area contributed by atoms with Gasteiger partial charge in [0.05, 0.1) is 134 Å². The summed E-state index contributed by atoms with van der Waals surface area (Å²) in [5.41, 5.74) is -2.01. The zero-order valence-corrected chi connectivity index (χ0v) is 96.5. The number of hydrogen-bond donors (Lipinski definition) is 0. The zero-order chi connectivity index (χ0) is 109. The van der Waals surface area contributed by atoms with Gasteiger partial charge in [-0.15, -0.1) is 0 Å². The van der Waals surface area contributed by atoms with Gasteiger partial charge < -0.3 is 99.6 Å². The van der Waals surface area contributed by atoms with Crippen molar-refractivity contribution < 1.29 is 207 Å². The largest absolute Gasteiger partial charge is 1.00 e. The molecule has 0 aliphatic carbocycles. The summed E-state index contributed by atoms with van der Waals surface area (Å²) in [5.74, 6) is -1.96. The van der Waals surface area contributed by atoms with Gasteiger partial charge in [0.1, 0.15) is 58.0 Å². The first-order valence-electron chi connectivity index (χ1n) is 49.0. The SMILES string of the molecule is C=CC(=O)OCCOC(=O)C=C.C=CCOC(=O)C(C)(C)CC.C=CCOC(=O)C(C)(C)CC.CCC(C)(C)C(=O)OCCCS(=O)(=O)[O-].CCC(C)(C)C(=O)OCCOC.CCC(C)(C)C(=O)OCCOC.CCC(C)C(=O)N(C)C.CCC(C)C(=O)N(C)C.CCC(C)C(=O)OCCCCOCC1CO1.CCC(C)C(=O)OCCCCOCC1CO1.CCC(C)C(=O)OCCCCOCC1CO1.[K+]. The van der Waals surface area contributed by atoms with E-state index >= 15 is 0 Å². The molecule has 0 saturated carbocycles. The van der Waals surface area contributed by atoms with Crippen molar-refractivity contribution in [1.82, 2.24) is 9.80 Å². The summed E-state index contributed by atoms with van der Waals surface area (Å²) in [4.78, 5) is 136. The number of ether oxygens (including phenoxy) is 18. The molecule has 35 nitrogen and oxygen atoms in total. The number of nitrogens with zero attached hydrogens (tertiary/aromatic N) is 2. The van der Waals surface area contributed by atoms with Gasteiger partial charge in [0, 0.05) is 92.0 Å². The van der Waals surface area contributed by atoms with Crippen molar-refractivity contribution in [2.24, 2.45) is 56.7 Å². The maximum Gasteiger partial charge on any atom is 1.00 e. The Bertz CT molecular complexity index is 3150. The number of hydrogen-bond acceptors (Lipinski definition) is 33. The summed E-state index contributed by atoms with van der Waals surface area (Å²) >= 11 is 0. The Morgan fingerprint density at radius 2 is 0.557 bits per heavy atom. The van der Waals surface area contributed by atoms with Crippen LogP contribution in [0, 0.1) is 56.7 Å². The Labute approximate surface area is 886 Å². The molecule has 3 heterocycles. The second-order valence-electron chi connectivity index (χ2n) is 36.4. The average molecular weight is 2060 g/mol. The van der Waals surface area contributed by atoms with Crippen molar-refractivity contribution in [3.63, 3.8) is 0 Å². The molecule has 37 heteroatoms. The first kappa shape index (κ1) is 152. The van der Waals surface area contributed by atoms with E-state index in [1.165, 1.54) is 0 Å². The summed E-state index contributed by atoms with van der Waals surface area (Å²) in [6.45, 7) is 71.7. The van der Waals surface area contributed by atoms with Gasteiger partial charge in [-0.05, 0) is 178 Å². The molecule has 3 saturated heterocycles. The number of carbonyl (C=O) groups is 12. The van der Waals surface area contributed by atoms with Gasteiger partial charge >= 0.3 is 111 Å². The number of esters is 10. The molecule has 140 heavy (non-hydrogen) atoms. The Balaban J connectivity index is -0.000000194. The maximum atomic E-state index is 11.4. The van der Waals surface area contributed by atoms with Crippen molar-refractivity contribution >= 4 is 81.6 Å². The van der Waals surface area contributed by atoms with Crippen LogP contribution in [-0.2, 0) is 153 Å². The smallest absolute Gasteiger partial charge is 0.748 e. The first-order valence-corrected chi connectivity index (χ1v) is 50.6. The fourth-order valence-corrected chi connectivity index (χ4v) is 8.41. The first-order chi connectivity index (χ1) is 65.0. The summed E-state index contributed by atoms with van der Waals surface area (Å²) < 4.78 is 120. The van der Waals surface area contributed by atoms with E-state index in [2.05, 4.69) is 35.8 Å². The van der Waals surface area contributed by atoms with E-state index in [-0.39, 0.29) is 188 Å². The summed E-state index contributed by atoms with van der Waals surface area (Å²) in [7, 11) is 6.10. The minimum Gasteiger partial charge on any atom is -0.748 e. The predicted octanol–water partition coefficient (Wildman–Crippen LogP) is 13.4. The van der Waals surface area contributed by atoms with Crippen LogP contribution in [0.2, 0.25) is 0 Å². The second kappa shape index (κ2) is 93.9. The molecular weight excluding hydrogens is 1860 g/mol. The molecule has 0 spiro atoms. The third-order valence-corrected chi connectivity index (χ3v) is 22.2. The fraction of sp³-hybridized carbons (Fsp3) is 0.806. The molecule has 3 aliphatic heterocycles. The molecular formula is C103H191KN2O33S. The predicted molar refractivity (Wildman–Crippen MR) is 538 cm³/mol. The molecule has 0 radical (unpaired) electrons. The molecule has 8 unspecified atom stereocenters. The van der Waals surface area contributed by atoms with Gasteiger partial charge in [0.25, 0.3) is 0 Å². The number of rotatable bonds is 60. The molecule has 0 aromatic rings. The van der Waals surface area contributed by atoms with Gasteiger partial charge in [0.2, 0.25) is 11.8 Å². The molecule has 0 aromatic heterocycles. The molecule has 0 N–H and O–H groups in total. The quantitative estimate of drug-likeness (QED) is 0.00797. The maximum absolute atomic E-state index is 11.4. The van der Waals surface area contributed by atoms with Gasteiger partial charge in [-0.25, -0.2) is 18.0 Å². The molecule has 3 rings (SSSR count). The van der Waals surface area contributed by atoms with Gasteiger partial charge in [0.15, 0.2) is 0 Å². The van der Waals surface area contributed by atoms with Crippen LogP contribution in [0.3, 0.4) is 0 Å². The van der Waals surface area contributed by atoms with E-state index in [1.807, 2.05) is 159 Å². The van der Waals surface area contributed by atoms with Crippen molar-refractivity contribution in [1.29, 1.82) is 0 Å². The van der Waals surface area contributed by atoms with E-state index in [9.17, 15) is 70.5 Å². The Kier molecular flexibility index (Phi) is 102. The number of epoxide rings is 3. The number of unbranched alkanes of at least 4 members (excludes halogenated alkanes) is 3. The van der Waals surface area contributed by atoms with Gasteiger partial charge in [-0.2, -0.15) is 0 Å². The Morgan fingerprint density at radius 1 is 0.343 bits per heavy atom. The molecule has 8 atom stereocenters. The number of methoxy groups -OCH3 is 2. The van der Waals surface area contributed by atoms with Crippen LogP contribution in [0.25, 0.3) is 0 Å². The van der Waals surface area contributed by atoms with E-state index in [0.29, 0.717) is 104 Å². The molecule has 0 aromatic carbocycles. The minimum atomic E-state index is -4.20. The Morgan fingerprint density at radius 3 is 0.743 bits per heavy atom. The van der Waals surface area contributed by atoms with Crippen LogP contribution in [-0.4, -0.2) is 299 Å².